The van der Waals surface area contributed by atoms with Gasteiger partial charge < -0.3 is 25.2 Å². The summed E-state index contributed by atoms with van der Waals surface area (Å²) in [5.74, 6) is 2.11. The highest BCUT2D eigenvalue weighted by atomic mass is 127. The summed E-state index contributed by atoms with van der Waals surface area (Å²) >= 11 is 0. The van der Waals surface area contributed by atoms with Crippen molar-refractivity contribution in [1.29, 1.82) is 0 Å². The van der Waals surface area contributed by atoms with Crippen LogP contribution in [0.3, 0.4) is 0 Å². The highest BCUT2D eigenvalue weighted by Gasteiger charge is 2.22. The van der Waals surface area contributed by atoms with Gasteiger partial charge in [0.2, 0.25) is 0 Å². The SMILES string of the molecule is CN=C(NCC(C)CN(C)C(=O)OC(C)(C)C)NC1CCN(c2ccc(C)cn2)CC1.I. The summed E-state index contributed by atoms with van der Waals surface area (Å²) in [6.07, 6.45) is 3.70. The number of nitrogens with zero attached hydrogens (tertiary/aromatic N) is 4. The van der Waals surface area contributed by atoms with Gasteiger partial charge in [-0.25, -0.2) is 9.78 Å². The summed E-state index contributed by atoms with van der Waals surface area (Å²) < 4.78 is 5.42. The Kier molecular flexibility index (Phi) is 11.5. The van der Waals surface area contributed by atoms with Crippen molar-refractivity contribution in [2.45, 2.75) is 59.1 Å². The van der Waals surface area contributed by atoms with Gasteiger partial charge in [0.25, 0.3) is 0 Å². The van der Waals surface area contributed by atoms with Crippen LogP contribution in [0.15, 0.2) is 23.3 Å². The Bertz CT molecular complexity index is 727. The van der Waals surface area contributed by atoms with Gasteiger partial charge in [0.15, 0.2) is 5.96 Å². The number of hydrogen-bond donors (Lipinski definition) is 2. The number of nitrogens with one attached hydrogen (secondary N) is 2. The molecule has 0 aromatic carbocycles. The second-order valence-electron chi connectivity index (χ2n) is 9.52. The first-order chi connectivity index (χ1) is 14.6. The van der Waals surface area contributed by atoms with Gasteiger partial charge in [-0.1, -0.05) is 13.0 Å². The summed E-state index contributed by atoms with van der Waals surface area (Å²) in [5.41, 5.74) is 0.700. The number of halogens is 1. The summed E-state index contributed by atoms with van der Waals surface area (Å²) in [4.78, 5) is 25.0. The van der Waals surface area contributed by atoms with E-state index < -0.39 is 5.60 Å². The number of rotatable bonds is 6. The van der Waals surface area contributed by atoms with Crippen molar-refractivity contribution in [3.63, 3.8) is 0 Å². The van der Waals surface area contributed by atoms with Crippen molar-refractivity contribution < 1.29 is 9.53 Å². The van der Waals surface area contributed by atoms with Crippen LogP contribution in [-0.4, -0.2) is 73.9 Å². The van der Waals surface area contributed by atoms with Crippen molar-refractivity contribution >= 4 is 41.8 Å². The lowest BCUT2D eigenvalue weighted by Crippen LogP contribution is -2.50. The molecule has 0 saturated carbocycles. The van der Waals surface area contributed by atoms with E-state index in [1.807, 2.05) is 27.0 Å². The Morgan fingerprint density at radius 1 is 1.34 bits per heavy atom. The fraction of sp³-hybridized carbons (Fsp3) is 0.696. The molecule has 2 heterocycles. The number of amides is 1. The molecule has 0 bridgehead atoms. The number of guanidine groups is 1. The second kappa shape index (κ2) is 13.1. The molecule has 1 atom stereocenters. The third-order valence-electron chi connectivity index (χ3n) is 5.19. The lowest BCUT2D eigenvalue weighted by Gasteiger charge is -2.34. The molecule has 9 heteroatoms. The first-order valence-corrected chi connectivity index (χ1v) is 11.2. The van der Waals surface area contributed by atoms with E-state index in [-0.39, 0.29) is 36.0 Å². The molecule has 8 nitrogen and oxygen atoms in total. The van der Waals surface area contributed by atoms with Gasteiger partial charge in [-0.05, 0) is 58.1 Å². The van der Waals surface area contributed by atoms with Crippen molar-refractivity contribution in [3.05, 3.63) is 23.9 Å². The van der Waals surface area contributed by atoms with Crippen LogP contribution in [0.2, 0.25) is 0 Å². The van der Waals surface area contributed by atoms with Crippen molar-refractivity contribution in [3.8, 4) is 0 Å². The molecule has 0 radical (unpaired) electrons. The Labute approximate surface area is 210 Å². The van der Waals surface area contributed by atoms with E-state index in [1.54, 1.807) is 19.0 Å². The van der Waals surface area contributed by atoms with Crippen molar-refractivity contribution in [1.82, 2.24) is 20.5 Å². The molecule has 32 heavy (non-hydrogen) atoms. The Hall–Kier alpha value is -1.78. The van der Waals surface area contributed by atoms with Crippen LogP contribution < -0.4 is 15.5 Å². The molecule has 2 N–H and O–H groups in total. The number of aliphatic imine (C=N–C) groups is 1. The van der Waals surface area contributed by atoms with E-state index in [0.717, 1.165) is 44.3 Å². The van der Waals surface area contributed by atoms with Gasteiger partial charge in [-0.2, -0.15) is 0 Å². The number of hydrogen-bond acceptors (Lipinski definition) is 5. The van der Waals surface area contributed by atoms with Crippen molar-refractivity contribution in [2.75, 3.05) is 45.2 Å². The van der Waals surface area contributed by atoms with E-state index in [4.69, 9.17) is 4.74 Å². The normalized spacial score (nSPS) is 16.1. The van der Waals surface area contributed by atoms with Crippen LogP contribution in [0, 0.1) is 12.8 Å². The maximum absolute atomic E-state index is 12.1. The van der Waals surface area contributed by atoms with Crippen LogP contribution in [0.4, 0.5) is 10.6 Å². The van der Waals surface area contributed by atoms with Crippen molar-refractivity contribution in [2.24, 2.45) is 10.9 Å². The van der Waals surface area contributed by atoms with Gasteiger partial charge >= 0.3 is 6.09 Å². The molecular weight excluding hydrogens is 519 g/mol. The molecule has 1 saturated heterocycles. The lowest BCUT2D eigenvalue weighted by atomic mass is 10.1. The van der Waals surface area contributed by atoms with Gasteiger partial charge in [-0.3, -0.25) is 4.99 Å². The van der Waals surface area contributed by atoms with Gasteiger partial charge in [0.05, 0.1) is 0 Å². The quantitative estimate of drug-likeness (QED) is 0.314. The monoisotopic (exact) mass is 560 g/mol. The molecule has 1 aliphatic rings. The molecule has 1 aliphatic heterocycles. The molecule has 1 unspecified atom stereocenters. The Balaban J connectivity index is 0.00000512. The third-order valence-corrected chi connectivity index (χ3v) is 5.19. The van der Waals surface area contributed by atoms with Crippen LogP contribution >= 0.6 is 24.0 Å². The Morgan fingerprint density at radius 2 is 2.00 bits per heavy atom. The average molecular weight is 561 g/mol. The Morgan fingerprint density at radius 3 is 2.53 bits per heavy atom. The van der Waals surface area contributed by atoms with Crippen LogP contribution in [0.25, 0.3) is 0 Å². The second-order valence-corrected chi connectivity index (χ2v) is 9.52. The minimum Gasteiger partial charge on any atom is -0.444 e. The number of aryl methyl sites for hydroxylation is 1. The molecule has 1 aromatic rings. The van der Waals surface area contributed by atoms with E-state index >= 15 is 0 Å². The summed E-state index contributed by atoms with van der Waals surface area (Å²) in [5, 5.41) is 6.93. The maximum atomic E-state index is 12.1. The van der Waals surface area contributed by atoms with Gasteiger partial charge in [-0.15, -0.1) is 24.0 Å². The fourth-order valence-corrected chi connectivity index (χ4v) is 3.51. The average Bonchev–Trinajstić information content (AvgIpc) is 2.71. The number of aromatic nitrogens is 1. The van der Waals surface area contributed by atoms with Crippen LogP contribution in [0.5, 0.6) is 0 Å². The predicted octanol–water partition coefficient (Wildman–Crippen LogP) is 3.64. The molecule has 1 fully saturated rings. The first-order valence-electron chi connectivity index (χ1n) is 11.2. The minimum atomic E-state index is -0.482. The summed E-state index contributed by atoms with van der Waals surface area (Å²) in [7, 11) is 3.56. The zero-order valence-electron chi connectivity index (χ0n) is 20.6. The number of pyridine rings is 1. The number of anilines is 1. The zero-order valence-corrected chi connectivity index (χ0v) is 23.0. The maximum Gasteiger partial charge on any atom is 0.410 e. The third kappa shape index (κ3) is 9.79. The smallest absolute Gasteiger partial charge is 0.410 e. The predicted molar refractivity (Wildman–Crippen MR) is 142 cm³/mol. The molecule has 182 valence electrons. The zero-order chi connectivity index (χ0) is 23.0. The van der Waals surface area contributed by atoms with Gasteiger partial charge in [0.1, 0.15) is 11.4 Å². The summed E-state index contributed by atoms with van der Waals surface area (Å²) in [6.45, 7) is 13.1. The topological polar surface area (TPSA) is 82.1 Å². The molecule has 0 spiro atoms. The van der Waals surface area contributed by atoms with Crippen LogP contribution in [-0.2, 0) is 4.74 Å². The van der Waals surface area contributed by atoms with E-state index in [2.05, 4.69) is 51.5 Å². The van der Waals surface area contributed by atoms with E-state index in [1.165, 1.54) is 5.56 Å². The molecule has 0 aliphatic carbocycles. The highest BCUT2D eigenvalue weighted by Crippen LogP contribution is 2.18. The molecular formula is C23H41IN6O2. The number of carbonyl (C=O) groups is 1. The number of ether oxygens (including phenoxy) is 1. The highest BCUT2D eigenvalue weighted by molar-refractivity contribution is 14.0. The van der Waals surface area contributed by atoms with Gasteiger partial charge in [0, 0.05) is 52.5 Å². The summed E-state index contributed by atoms with van der Waals surface area (Å²) in [6, 6.07) is 4.59. The standard InChI is InChI=1S/C23H40N6O2.HI/c1-17-8-9-20(25-14-17)29-12-10-19(11-13-29)27-21(24-6)26-15-18(2)16-28(7)22(30)31-23(3,4)5;/h8-9,14,18-19H,10-13,15-16H2,1-7H3,(H2,24,26,27);1H. The van der Waals surface area contributed by atoms with E-state index in [0.29, 0.717) is 12.6 Å². The number of piperidine rings is 1. The van der Waals surface area contributed by atoms with E-state index in [9.17, 15) is 4.79 Å². The fourth-order valence-electron chi connectivity index (χ4n) is 3.51. The first kappa shape index (κ1) is 28.3. The largest absolute Gasteiger partial charge is 0.444 e. The minimum absolute atomic E-state index is 0. The van der Waals surface area contributed by atoms with Crippen LogP contribution in [0.1, 0.15) is 46.1 Å². The molecule has 2 rings (SSSR count). The molecule has 1 aromatic heterocycles. The molecule has 1 amide bonds. The lowest BCUT2D eigenvalue weighted by molar-refractivity contribution is 0.0278. The number of carbonyl (C=O) groups excluding carboxylic acids is 1.